The summed E-state index contributed by atoms with van der Waals surface area (Å²) in [5, 5.41) is 10.3. The second-order valence-electron chi connectivity index (χ2n) is 7.21. The van der Waals surface area contributed by atoms with Gasteiger partial charge in [0.1, 0.15) is 12.8 Å². The third kappa shape index (κ3) is 6.22. The Morgan fingerprint density at radius 2 is 2.03 bits per heavy atom. The summed E-state index contributed by atoms with van der Waals surface area (Å²) in [6.45, 7) is 0.963. The quantitative estimate of drug-likeness (QED) is 0.393. The van der Waals surface area contributed by atoms with Crippen LogP contribution in [0.4, 0.5) is 0 Å². The molecule has 0 aliphatic carbocycles. The van der Waals surface area contributed by atoms with Crippen molar-refractivity contribution in [2.24, 2.45) is 0 Å². The summed E-state index contributed by atoms with van der Waals surface area (Å²) in [5.74, 6) is -1.16. The molecule has 0 bridgehead atoms. The maximum atomic E-state index is 11.4. The molecule has 1 atom stereocenters. The number of hydrogen-bond acceptors (Lipinski definition) is 5. The summed E-state index contributed by atoms with van der Waals surface area (Å²) < 4.78 is 12.5. The topological polar surface area (TPSA) is 101 Å². The molecule has 30 heavy (non-hydrogen) atoms. The standard InChI is InChI=1S/C19H21Cl2N2O5PS/c1-22-8-16(15-6-13(20)7-18(21)17(15)9-22)12-3-2-4-14(5-12)30-23(10-19(24)25)11-29(26,27)28/h2-7,16H,8-11H2,1H3,(H,24,25)(H2,26,27,28). The average Bonchev–Trinajstić information content (AvgIpc) is 2.60. The maximum Gasteiger partial charge on any atom is 0.340 e. The fourth-order valence-corrected chi connectivity index (χ4v) is 6.10. The molecule has 2 aromatic rings. The van der Waals surface area contributed by atoms with Crippen molar-refractivity contribution >= 4 is 48.7 Å². The lowest BCUT2D eigenvalue weighted by Gasteiger charge is -2.33. The van der Waals surface area contributed by atoms with E-state index in [1.54, 1.807) is 12.1 Å². The van der Waals surface area contributed by atoms with Gasteiger partial charge in [0.05, 0.1) is 0 Å². The van der Waals surface area contributed by atoms with Crippen LogP contribution in [-0.4, -0.2) is 56.5 Å². The molecule has 1 aliphatic heterocycles. The Kier molecular flexibility index (Phi) is 7.53. The molecule has 11 heteroatoms. The molecule has 3 rings (SSSR count). The van der Waals surface area contributed by atoms with Crippen LogP contribution >= 0.6 is 42.7 Å². The van der Waals surface area contributed by atoms with Crippen LogP contribution in [0.3, 0.4) is 0 Å². The Morgan fingerprint density at radius 1 is 1.30 bits per heavy atom. The first-order valence-electron chi connectivity index (χ1n) is 8.97. The number of carbonyl (C=O) groups is 1. The first-order valence-corrected chi connectivity index (χ1v) is 12.3. The molecule has 1 heterocycles. The number of nitrogens with zero attached hydrogens (tertiary/aromatic N) is 2. The molecule has 0 spiro atoms. The predicted molar refractivity (Wildman–Crippen MR) is 118 cm³/mol. The molecule has 0 fully saturated rings. The van der Waals surface area contributed by atoms with Gasteiger partial charge in [0, 0.05) is 33.9 Å². The van der Waals surface area contributed by atoms with Crippen molar-refractivity contribution in [3.63, 3.8) is 0 Å². The van der Waals surface area contributed by atoms with Gasteiger partial charge in [-0.2, -0.15) is 0 Å². The highest BCUT2D eigenvalue weighted by Gasteiger charge is 2.28. The summed E-state index contributed by atoms with van der Waals surface area (Å²) in [4.78, 5) is 32.5. The van der Waals surface area contributed by atoms with Gasteiger partial charge >= 0.3 is 13.6 Å². The minimum atomic E-state index is -4.41. The van der Waals surface area contributed by atoms with Crippen LogP contribution in [0, 0.1) is 0 Å². The van der Waals surface area contributed by atoms with Crippen LogP contribution in [-0.2, 0) is 15.9 Å². The van der Waals surface area contributed by atoms with E-state index in [2.05, 4.69) is 4.90 Å². The number of fused-ring (bicyclic) bond motifs is 1. The molecular formula is C19H21Cl2N2O5PS. The smallest absolute Gasteiger partial charge is 0.340 e. The zero-order valence-corrected chi connectivity index (χ0v) is 19.3. The summed E-state index contributed by atoms with van der Waals surface area (Å²) in [6, 6.07) is 11.1. The van der Waals surface area contributed by atoms with Gasteiger partial charge in [0.2, 0.25) is 0 Å². The molecule has 0 amide bonds. The van der Waals surface area contributed by atoms with E-state index >= 15 is 0 Å². The van der Waals surface area contributed by atoms with Crippen LogP contribution in [0.15, 0.2) is 41.3 Å². The van der Waals surface area contributed by atoms with Crippen molar-refractivity contribution in [3.8, 4) is 0 Å². The fraction of sp³-hybridized carbons (Fsp3) is 0.316. The van der Waals surface area contributed by atoms with Crippen LogP contribution in [0.5, 0.6) is 0 Å². The van der Waals surface area contributed by atoms with Crippen LogP contribution in [0.2, 0.25) is 10.0 Å². The van der Waals surface area contributed by atoms with Crippen molar-refractivity contribution in [2.75, 3.05) is 26.4 Å². The first kappa shape index (κ1) is 23.6. The van der Waals surface area contributed by atoms with Gasteiger partial charge in [-0.05, 0) is 60.0 Å². The predicted octanol–water partition coefficient (Wildman–Crippen LogP) is 4.10. The molecule has 0 saturated carbocycles. The number of carboxylic acid groups (broad SMARTS) is 1. The molecule has 162 valence electrons. The van der Waals surface area contributed by atoms with E-state index in [9.17, 15) is 19.1 Å². The third-order valence-electron chi connectivity index (χ3n) is 4.64. The number of likely N-dealkylation sites (N-methyl/N-ethyl adjacent to an activating group) is 1. The largest absolute Gasteiger partial charge is 0.480 e. The molecule has 3 N–H and O–H groups in total. The van der Waals surface area contributed by atoms with Crippen molar-refractivity contribution in [2.45, 2.75) is 17.4 Å². The van der Waals surface area contributed by atoms with Gasteiger partial charge < -0.3 is 19.8 Å². The average molecular weight is 491 g/mol. The lowest BCUT2D eigenvalue weighted by molar-refractivity contribution is -0.136. The molecule has 0 aromatic heterocycles. The zero-order chi connectivity index (χ0) is 22.1. The Morgan fingerprint density at radius 3 is 2.70 bits per heavy atom. The number of aliphatic carboxylic acids is 1. The van der Waals surface area contributed by atoms with Gasteiger partial charge in [0.15, 0.2) is 0 Å². The van der Waals surface area contributed by atoms with E-state index in [0.717, 1.165) is 39.5 Å². The number of rotatable bonds is 7. The SMILES string of the molecule is CN1Cc2c(Cl)cc(Cl)cc2C(c2cccc(SN(CC(=O)O)CP(=O)(O)O)c2)C1. The molecular weight excluding hydrogens is 470 g/mol. The Labute approximate surface area is 188 Å². The van der Waals surface area contributed by atoms with Gasteiger partial charge in [-0.3, -0.25) is 9.36 Å². The number of hydrogen-bond donors (Lipinski definition) is 3. The first-order chi connectivity index (χ1) is 14.0. The fourth-order valence-electron chi connectivity index (χ4n) is 3.54. The molecule has 1 aliphatic rings. The monoisotopic (exact) mass is 490 g/mol. The highest BCUT2D eigenvalue weighted by atomic mass is 35.5. The van der Waals surface area contributed by atoms with Gasteiger partial charge in [0.25, 0.3) is 0 Å². The van der Waals surface area contributed by atoms with Crippen molar-refractivity contribution in [3.05, 3.63) is 63.1 Å². The Bertz CT molecular complexity index is 1000. The maximum absolute atomic E-state index is 11.4. The molecule has 0 saturated heterocycles. The van der Waals surface area contributed by atoms with Crippen molar-refractivity contribution in [1.29, 1.82) is 0 Å². The highest BCUT2D eigenvalue weighted by Crippen LogP contribution is 2.41. The van der Waals surface area contributed by atoms with E-state index in [1.807, 2.05) is 31.3 Å². The summed E-state index contributed by atoms with van der Waals surface area (Å²) in [5.41, 5.74) is 3.05. The zero-order valence-electron chi connectivity index (χ0n) is 16.0. The lowest BCUT2D eigenvalue weighted by atomic mass is 9.85. The summed E-state index contributed by atoms with van der Waals surface area (Å²) in [7, 11) is -2.40. The number of halogens is 2. The van der Waals surface area contributed by atoms with Gasteiger partial charge in [-0.25, -0.2) is 4.31 Å². The Balaban J connectivity index is 1.92. The van der Waals surface area contributed by atoms with E-state index in [-0.39, 0.29) is 5.92 Å². The van der Waals surface area contributed by atoms with E-state index in [4.69, 9.17) is 28.3 Å². The number of benzene rings is 2. The second-order valence-corrected chi connectivity index (χ2v) is 10.8. The summed E-state index contributed by atoms with van der Waals surface area (Å²) in [6.07, 6.45) is -0.658. The Hall–Kier alpha value is -1.09. The van der Waals surface area contributed by atoms with E-state index in [0.29, 0.717) is 21.5 Å². The molecule has 2 aromatic carbocycles. The van der Waals surface area contributed by atoms with Crippen LogP contribution in [0.1, 0.15) is 22.6 Å². The minimum Gasteiger partial charge on any atom is -0.480 e. The minimum absolute atomic E-state index is 0.00482. The van der Waals surface area contributed by atoms with Crippen molar-refractivity contribution in [1.82, 2.24) is 9.21 Å². The molecule has 7 nitrogen and oxygen atoms in total. The van der Waals surface area contributed by atoms with E-state index in [1.165, 1.54) is 0 Å². The lowest BCUT2D eigenvalue weighted by Crippen LogP contribution is -2.31. The van der Waals surface area contributed by atoms with Crippen LogP contribution < -0.4 is 0 Å². The highest BCUT2D eigenvalue weighted by molar-refractivity contribution is 7.97. The van der Waals surface area contributed by atoms with Crippen LogP contribution in [0.25, 0.3) is 0 Å². The van der Waals surface area contributed by atoms with E-state index < -0.39 is 26.4 Å². The van der Waals surface area contributed by atoms with Crippen molar-refractivity contribution < 1.29 is 24.3 Å². The normalized spacial score (nSPS) is 17.2. The van der Waals surface area contributed by atoms with Gasteiger partial charge in [-0.15, -0.1) is 0 Å². The second kappa shape index (κ2) is 9.59. The third-order valence-corrected chi connectivity index (χ3v) is 7.08. The summed E-state index contributed by atoms with van der Waals surface area (Å²) >= 11 is 13.7. The van der Waals surface area contributed by atoms with Gasteiger partial charge in [-0.1, -0.05) is 35.3 Å². The number of carboxylic acids is 1. The molecule has 1 unspecified atom stereocenters. The molecule has 0 radical (unpaired) electrons.